The maximum Gasteiger partial charge on any atom is 0.303 e. The van der Waals surface area contributed by atoms with E-state index in [9.17, 15) is 4.79 Å². The van der Waals surface area contributed by atoms with Crippen molar-refractivity contribution in [3.05, 3.63) is 12.2 Å². The largest absolute Gasteiger partial charge is 0.481 e. The number of aliphatic hydroxyl groups excluding tert-OH is 1. The highest BCUT2D eigenvalue weighted by molar-refractivity contribution is 5.66. The molecule has 0 unspecified atom stereocenters. The Morgan fingerprint density at radius 2 is 1.53 bits per heavy atom. The molecule has 0 rings (SSSR count). The van der Waals surface area contributed by atoms with Gasteiger partial charge in [0.1, 0.15) is 0 Å². The van der Waals surface area contributed by atoms with Gasteiger partial charge in [0, 0.05) is 13.0 Å². The van der Waals surface area contributed by atoms with Crippen LogP contribution in [0.3, 0.4) is 0 Å². The predicted octanol–water partition coefficient (Wildman–Crippen LogP) is 2.74. The Kier molecular flexibility index (Phi) is 10.6. The molecular formula is C12H22O3. The highest BCUT2D eigenvalue weighted by Gasteiger charge is 1.93. The van der Waals surface area contributed by atoms with Crippen molar-refractivity contribution in [2.45, 2.75) is 51.4 Å². The fraction of sp³-hybridized carbons (Fsp3) is 0.750. The van der Waals surface area contributed by atoms with Gasteiger partial charge in [0.25, 0.3) is 0 Å². The smallest absolute Gasteiger partial charge is 0.303 e. The summed E-state index contributed by atoms with van der Waals surface area (Å²) >= 11 is 0. The van der Waals surface area contributed by atoms with Crippen molar-refractivity contribution in [2.75, 3.05) is 6.61 Å². The van der Waals surface area contributed by atoms with Gasteiger partial charge in [0.2, 0.25) is 0 Å². The summed E-state index contributed by atoms with van der Waals surface area (Å²) < 4.78 is 0. The molecule has 2 N–H and O–H groups in total. The molecule has 88 valence electrons. The molecule has 0 spiro atoms. The van der Waals surface area contributed by atoms with Gasteiger partial charge in [-0.3, -0.25) is 4.79 Å². The van der Waals surface area contributed by atoms with E-state index in [4.69, 9.17) is 10.2 Å². The van der Waals surface area contributed by atoms with E-state index in [1.165, 1.54) is 6.42 Å². The summed E-state index contributed by atoms with van der Waals surface area (Å²) in [5.74, 6) is -0.715. The van der Waals surface area contributed by atoms with Crippen LogP contribution in [0.2, 0.25) is 0 Å². The molecule has 0 aliphatic carbocycles. The molecule has 0 bridgehead atoms. The van der Waals surface area contributed by atoms with Crippen LogP contribution >= 0.6 is 0 Å². The predicted molar refractivity (Wildman–Crippen MR) is 60.8 cm³/mol. The molecule has 3 heteroatoms. The number of carbonyl (C=O) groups is 1. The molecule has 0 radical (unpaired) electrons. The van der Waals surface area contributed by atoms with E-state index in [0.717, 1.165) is 38.5 Å². The number of hydrogen-bond acceptors (Lipinski definition) is 2. The van der Waals surface area contributed by atoms with Crippen molar-refractivity contribution in [1.29, 1.82) is 0 Å². The van der Waals surface area contributed by atoms with Crippen molar-refractivity contribution >= 4 is 5.97 Å². The Labute approximate surface area is 91.8 Å². The molecule has 0 saturated carbocycles. The molecule has 0 heterocycles. The van der Waals surface area contributed by atoms with Crippen LogP contribution in [0.5, 0.6) is 0 Å². The van der Waals surface area contributed by atoms with E-state index in [1.54, 1.807) is 0 Å². The molecule has 0 aromatic rings. The second kappa shape index (κ2) is 11.2. The minimum atomic E-state index is -0.715. The number of aliphatic hydroxyl groups is 1. The first-order valence-electron chi connectivity index (χ1n) is 5.75. The average molecular weight is 214 g/mol. The van der Waals surface area contributed by atoms with E-state index in [-0.39, 0.29) is 6.42 Å². The quantitative estimate of drug-likeness (QED) is 0.434. The van der Waals surface area contributed by atoms with Gasteiger partial charge in [-0.25, -0.2) is 0 Å². The number of rotatable bonds is 10. The molecule has 0 aliphatic heterocycles. The summed E-state index contributed by atoms with van der Waals surface area (Å²) in [4.78, 5) is 10.2. The molecule has 0 atom stereocenters. The van der Waals surface area contributed by atoms with Gasteiger partial charge >= 0.3 is 5.97 Å². The lowest BCUT2D eigenvalue weighted by atomic mass is 10.1. The van der Waals surface area contributed by atoms with E-state index < -0.39 is 5.97 Å². The second-order valence-electron chi connectivity index (χ2n) is 3.68. The monoisotopic (exact) mass is 214 g/mol. The Hall–Kier alpha value is -0.830. The number of unbranched alkanes of at least 4 members (excludes halogenated alkanes) is 5. The summed E-state index contributed by atoms with van der Waals surface area (Å²) in [5.41, 5.74) is 0. The van der Waals surface area contributed by atoms with Gasteiger partial charge in [-0.1, -0.05) is 25.0 Å². The van der Waals surface area contributed by atoms with Crippen LogP contribution in [0.1, 0.15) is 51.4 Å². The highest BCUT2D eigenvalue weighted by atomic mass is 16.4. The zero-order chi connectivity index (χ0) is 11.4. The summed E-state index contributed by atoms with van der Waals surface area (Å²) in [5, 5.41) is 16.9. The normalized spacial score (nSPS) is 11.0. The average Bonchev–Trinajstić information content (AvgIpc) is 2.20. The lowest BCUT2D eigenvalue weighted by Crippen LogP contribution is -1.92. The van der Waals surface area contributed by atoms with Crippen molar-refractivity contribution in [3.8, 4) is 0 Å². The molecule has 0 aromatic heterocycles. The maximum absolute atomic E-state index is 10.2. The van der Waals surface area contributed by atoms with Gasteiger partial charge < -0.3 is 10.2 Å². The molecule has 3 nitrogen and oxygen atoms in total. The zero-order valence-corrected chi connectivity index (χ0v) is 9.32. The molecule has 0 amide bonds. The van der Waals surface area contributed by atoms with Crippen LogP contribution in [-0.2, 0) is 4.79 Å². The van der Waals surface area contributed by atoms with Gasteiger partial charge in [-0.05, 0) is 32.1 Å². The van der Waals surface area contributed by atoms with E-state index >= 15 is 0 Å². The zero-order valence-electron chi connectivity index (χ0n) is 9.32. The highest BCUT2D eigenvalue weighted by Crippen LogP contribution is 2.04. The summed E-state index contributed by atoms with van der Waals surface area (Å²) in [7, 11) is 0. The fourth-order valence-corrected chi connectivity index (χ4v) is 1.33. The van der Waals surface area contributed by atoms with Gasteiger partial charge in [0.05, 0.1) is 0 Å². The molecular weight excluding hydrogens is 192 g/mol. The van der Waals surface area contributed by atoms with Crippen LogP contribution < -0.4 is 0 Å². The standard InChI is InChI=1S/C12H22O3/c13-11-9-7-5-3-1-2-4-6-8-10-12(14)15/h2,4,13H,1,3,5-11H2,(H,14,15)/b4-2-. The van der Waals surface area contributed by atoms with Crippen LogP contribution in [0.4, 0.5) is 0 Å². The second-order valence-corrected chi connectivity index (χ2v) is 3.68. The topological polar surface area (TPSA) is 57.5 Å². The van der Waals surface area contributed by atoms with Crippen LogP contribution in [0.15, 0.2) is 12.2 Å². The van der Waals surface area contributed by atoms with E-state index in [2.05, 4.69) is 12.2 Å². The Bertz CT molecular complexity index is 176. The van der Waals surface area contributed by atoms with Crippen molar-refractivity contribution in [2.24, 2.45) is 0 Å². The van der Waals surface area contributed by atoms with Crippen molar-refractivity contribution in [3.63, 3.8) is 0 Å². The first-order chi connectivity index (χ1) is 7.27. The molecule has 0 aliphatic rings. The van der Waals surface area contributed by atoms with Gasteiger partial charge in [0.15, 0.2) is 0 Å². The van der Waals surface area contributed by atoms with Crippen molar-refractivity contribution in [1.82, 2.24) is 0 Å². The summed E-state index contributed by atoms with van der Waals surface area (Å²) in [6.45, 7) is 0.297. The summed E-state index contributed by atoms with van der Waals surface area (Å²) in [6.07, 6.45) is 11.5. The van der Waals surface area contributed by atoms with Gasteiger partial charge in [-0.15, -0.1) is 0 Å². The Morgan fingerprint density at radius 3 is 2.13 bits per heavy atom. The first-order valence-corrected chi connectivity index (χ1v) is 5.75. The first kappa shape index (κ1) is 14.2. The lowest BCUT2D eigenvalue weighted by molar-refractivity contribution is -0.137. The molecule has 0 aromatic carbocycles. The SMILES string of the molecule is O=C(O)CCC/C=C\CCCCCCO. The van der Waals surface area contributed by atoms with Crippen LogP contribution in [0, 0.1) is 0 Å². The number of carboxylic acids is 1. The van der Waals surface area contributed by atoms with E-state index in [0.29, 0.717) is 6.61 Å². The third-order valence-electron chi connectivity index (χ3n) is 2.21. The molecule has 0 fully saturated rings. The fourth-order valence-electron chi connectivity index (χ4n) is 1.33. The minimum Gasteiger partial charge on any atom is -0.481 e. The van der Waals surface area contributed by atoms with E-state index in [1.807, 2.05) is 0 Å². The van der Waals surface area contributed by atoms with Crippen LogP contribution in [-0.4, -0.2) is 22.8 Å². The Balaban J connectivity index is 3.07. The molecule has 15 heavy (non-hydrogen) atoms. The minimum absolute atomic E-state index is 0.265. The lowest BCUT2D eigenvalue weighted by Gasteiger charge is -1.96. The number of aliphatic carboxylic acids is 1. The number of hydrogen-bond donors (Lipinski definition) is 2. The third-order valence-corrected chi connectivity index (χ3v) is 2.21. The van der Waals surface area contributed by atoms with Crippen molar-refractivity contribution < 1.29 is 15.0 Å². The maximum atomic E-state index is 10.2. The number of allylic oxidation sites excluding steroid dienone is 2. The van der Waals surface area contributed by atoms with Crippen LogP contribution in [0.25, 0.3) is 0 Å². The Morgan fingerprint density at radius 1 is 0.933 bits per heavy atom. The summed E-state index contributed by atoms with van der Waals surface area (Å²) in [6, 6.07) is 0. The van der Waals surface area contributed by atoms with Gasteiger partial charge in [-0.2, -0.15) is 0 Å². The third kappa shape index (κ3) is 13.2. The number of carboxylic acid groups (broad SMARTS) is 1. The molecule has 0 saturated heterocycles.